The van der Waals surface area contributed by atoms with Crippen molar-refractivity contribution in [2.75, 3.05) is 6.61 Å². The molecular weight excluding hydrogens is 317 g/mol. The Morgan fingerprint density at radius 1 is 1.18 bits per heavy atom. The molecule has 2 nitrogen and oxygen atoms in total. The highest BCUT2D eigenvalue weighted by Crippen LogP contribution is 2.42. The number of ether oxygens (including phenoxy) is 1. The summed E-state index contributed by atoms with van der Waals surface area (Å²) >= 11 is 3.16. The highest BCUT2D eigenvalue weighted by molar-refractivity contribution is 7.99. The van der Waals surface area contributed by atoms with Crippen LogP contribution in [0.1, 0.15) is 6.92 Å². The van der Waals surface area contributed by atoms with Gasteiger partial charge in [-0.1, -0.05) is 17.8 Å². The lowest BCUT2D eigenvalue weighted by Crippen LogP contribution is -1.95. The number of halogens is 1. The van der Waals surface area contributed by atoms with Crippen molar-refractivity contribution in [3.05, 3.63) is 59.9 Å². The van der Waals surface area contributed by atoms with E-state index in [-0.39, 0.29) is 5.82 Å². The van der Waals surface area contributed by atoms with E-state index < -0.39 is 0 Å². The zero-order chi connectivity index (χ0) is 15.4. The Morgan fingerprint density at radius 3 is 2.68 bits per heavy atom. The molecule has 2 aromatic carbocycles. The SMILES string of the molecule is CCOc1cccc(Sc2ccc(F)cc2)c1-c1nccs1. The fourth-order valence-corrected chi connectivity index (χ4v) is 3.80. The number of hydrogen-bond donors (Lipinski definition) is 0. The second-order valence-corrected chi connectivity index (χ2v) is 6.47. The van der Waals surface area contributed by atoms with E-state index in [1.807, 2.05) is 30.5 Å². The molecule has 1 aromatic heterocycles. The van der Waals surface area contributed by atoms with Gasteiger partial charge in [0.2, 0.25) is 0 Å². The molecule has 0 saturated heterocycles. The summed E-state index contributed by atoms with van der Waals surface area (Å²) in [4.78, 5) is 6.44. The Hall–Kier alpha value is -1.85. The summed E-state index contributed by atoms with van der Waals surface area (Å²) in [5, 5.41) is 2.87. The van der Waals surface area contributed by atoms with Crippen LogP contribution in [-0.2, 0) is 0 Å². The first-order chi connectivity index (χ1) is 10.8. The molecule has 0 saturated carbocycles. The molecule has 112 valence electrons. The third-order valence-electron chi connectivity index (χ3n) is 2.98. The predicted octanol–water partition coefficient (Wildman–Crippen LogP) is 5.50. The standard InChI is InChI=1S/C17H14FNOS2/c1-2-20-14-4-3-5-15(16(14)17-19-10-11-21-17)22-13-8-6-12(18)7-9-13/h3-11H,2H2,1H3. The quantitative estimate of drug-likeness (QED) is 0.616. The number of hydrogen-bond acceptors (Lipinski definition) is 4. The Balaban J connectivity index is 2.03. The summed E-state index contributed by atoms with van der Waals surface area (Å²) < 4.78 is 18.8. The van der Waals surface area contributed by atoms with Gasteiger partial charge in [-0.15, -0.1) is 11.3 Å². The molecule has 0 amide bonds. The highest BCUT2D eigenvalue weighted by Gasteiger charge is 2.15. The van der Waals surface area contributed by atoms with Crippen LogP contribution in [-0.4, -0.2) is 11.6 Å². The van der Waals surface area contributed by atoms with Gasteiger partial charge >= 0.3 is 0 Å². The van der Waals surface area contributed by atoms with Crippen LogP contribution >= 0.6 is 23.1 Å². The highest BCUT2D eigenvalue weighted by atomic mass is 32.2. The number of rotatable bonds is 5. The van der Waals surface area contributed by atoms with Crippen molar-refractivity contribution in [3.63, 3.8) is 0 Å². The van der Waals surface area contributed by atoms with E-state index in [1.165, 1.54) is 12.1 Å². The van der Waals surface area contributed by atoms with Gasteiger partial charge in [0.25, 0.3) is 0 Å². The second-order valence-electron chi connectivity index (χ2n) is 4.46. The minimum absolute atomic E-state index is 0.229. The molecule has 0 unspecified atom stereocenters. The van der Waals surface area contributed by atoms with Gasteiger partial charge in [-0.25, -0.2) is 9.37 Å². The first kappa shape index (κ1) is 15.1. The van der Waals surface area contributed by atoms with Crippen molar-refractivity contribution in [2.24, 2.45) is 0 Å². The smallest absolute Gasteiger partial charge is 0.130 e. The van der Waals surface area contributed by atoms with Gasteiger partial charge in [0.15, 0.2) is 0 Å². The minimum atomic E-state index is -0.229. The van der Waals surface area contributed by atoms with Crippen LogP contribution in [0.4, 0.5) is 4.39 Å². The van der Waals surface area contributed by atoms with Crippen LogP contribution in [0.25, 0.3) is 10.6 Å². The predicted molar refractivity (Wildman–Crippen MR) is 89.2 cm³/mol. The molecule has 0 bridgehead atoms. The maximum Gasteiger partial charge on any atom is 0.130 e. The van der Waals surface area contributed by atoms with Crippen molar-refractivity contribution in [1.29, 1.82) is 0 Å². The topological polar surface area (TPSA) is 22.1 Å². The van der Waals surface area contributed by atoms with Crippen molar-refractivity contribution in [3.8, 4) is 16.3 Å². The van der Waals surface area contributed by atoms with Crippen molar-refractivity contribution in [2.45, 2.75) is 16.7 Å². The van der Waals surface area contributed by atoms with Crippen LogP contribution in [0.15, 0.2) is 63.8 Å². The summed E-state index contributed by atoms with van der Waals surface area (Å²) in [6.07, 6.45) is 1.79. The zero-order valence-electron chi connectivity index (χ0n) is 12.0. The number of thiazole rings is 1. The molecule has 0 fully saturated rings. The Bertz CT molecular complexity index is 742. The van der Waals surface area contributed by atoms with E-state index in [4.69, 9.17) is 4.74 Å². The number of aromatic nitrogens is 1. The summed E-state index contributed by atoms with van der Waals surface area (Å²) in [7, 11) is 0. The molecule has 5 heteroatoms. The van der Waals surface area contributed by atoms with Crippen molar-refractivity contribution >= 4 is 23.1 Å². The van der Waals surface area contributed by atoms with Crippen LogP contribution in [0.3, 0.4) is 0 Å². The molecule has 0 spiro atoms. The minimum Gasteiger partial charge on any atom is -0.493 e. The lowest BCUT2D eigenvalue weighted by atomic mass is 10.2. The van der Waals surface area contributed by atoms with E-state index in [0.717, 1.165) is 26.1 Å². The largest absolute Gasteiger partial charge is 0.493 e. The zero-order valence-corrected chi connectivity index (χ0v) is 13.6. The summed E-state index contributed by atoms with van der Waals surface area (Å²) in [6.45, 7) is 2.56. The van der Waals surface area contributed by atoms with Gasteiger partial charge in [0.1, 0.15) is 16.6 Å². The summed E-state index contributed by atoms with van der Waals surface area (Å²) in [5.74, 6) is 0.595. The van der Waals surface area contributed by atoms with Gasteiger partial charge < -0.3 is 4.74 Å². The number of nitrogens with zero attached hydrogens (tertiary/aromatic N) is 1. The maximum absolute atomic E-state index is 13.1. The molecule has 0 aliphatic carbocycles. The van der Waals surface area contributed by atoms with E-state index in [2.05, 4.69) is 4.98 Å². The maximum atomic E-state index is 13.1. The fourth-order valence-electron chi connectivity index (χ4n) is 2.06. The van der Waals surface area contributed by atoms with Gasteiger partial charge in [0, 0.05) is 21.4 Å². The Kier molecular flexibility index (Phi) is 4.75. The lowest BCUT2D eigenvalue weighted by Gasteiger charge is -2.13. The lowest BCUT2D eigenvalue weighted by molar-refractivity contribution is 0.341. The average Bonchev–Trinajstić information content (AvgIpc) is 3.04. The number of benzene rings is 2. The van der Waals surface area contributed by atoms with Crippen LogP contribution < -0.4 is 4.74 Å². The molecule has 0 radical (unpaired) electrons. The fraction of sp³-hybridized carbons (Fsp3) is 0.118. The third kappa shape index (κ3) is 3.31. The van der Waals surface area contributed by atoms with E-state index in [9.17, 15) is 4.39 Å². The second kappa shape index (κ2) is 6.94. The Morgan fingerprint density at radius 2 is 2.00 bits per heavy atom. The van der Waals surface area contributed by atoms with E-state index >= 15 is 0 Å². The molecule has 0 aliphatic rings. The molecule has 1 heterocycles. The van der Waals surface area contributed by atoms with Crippen molar-refractivity contribution < 1.29 is 9.13 Å². The molecule has 22 heavy (non-hydrogen) atoms. The molecule has 0 atom stereocenters. The van der Waals surface area contributed by atoms with Gasteiger partial charge in [-0.3, -0.25) is 0 Å². The van der Waals surface area contributed by atoms with Crippen LogP contribution in [0.2, 0.25) is 0 Å². The average molecular weight is 331 g/mol. The van der Waals surface area contributed by atoms with Gasteiger partial charge in [-0.05, 0) is 43.3 Å². The monoisotopic (exact) mass is 331 g/mol. The molecule has 0 aliphatic heterocycles. The van der Waals surface area contributed by atoms with Gasteiger partial charge in [0.05, 0.1) is 12.2 Å². The van der Waals surface area contributed by atoms with E-state index in [1.54, 1.807) is 41.4 Å². The van der Waals surface area contributed by atoms with Gasteiger partial charge in [-0.2, -0.15) is 0 Å². The first-order valence-electron chi connectivity index (χ1n) is 6.87. The third-order valence-corrected chi connectivity index (χ3v) is 4.83. The molecule has 3 aromatic rings. The molecular formula is C17H14FNOS2. The van der Waals surface area contributed by atoms with Crippen molar-refractivity contribution in [1.82, 2.24) is 4.98 Å². The molecule has 0 N–H and O–H groups in total. The summed E-state index contributed by atoms with van der Waals surface area (Å²) in [6, 6.07) is 12.4. The van der Waals surface area contributed by atoms with Crippen LogP contribution in [0, 0.1) is 5.82 Å². The van der Waals surface area contributed by atoms with E-state index in [0.29, 0.717) is 6.61 Å². The normalized spacial score (nSPS) is 10.6. The molecule has 3 rings (SSSR count). The Labute approximate surface area is 137 Å². The van der Waals surface area contributed by atoms with Crippen LogP contribution in [0.5, 0.6) is 5.75 Å². The first-order valence-corrected chi connectivity index (χ1v) is 8.56. The summed E-state index contributed by atoms with van der Waals surface area (Å²) in [5.41, 5.74) is 0.994.